The lowest BCUT2D eigenvalue weighted by atomic mass is 10.1. The van der Waals surface area contributed by atoms with Gasteiger partial charge in [-0.2, -0.15) is 0 Å². The number of ether oxygens (including phenoxy) is 2. The molecule has 0 saturated heterocycles. The normalized spacial score (nSPS) is 10.6. The molecule has 0 atom stereocenters. The van der Waals surface area contributed by atoms with Gasteiger partial charge in [0.1, 0.15) is 11.3 Å². The van der Waals surface area contributed by atoms with Crippen molar-refractivity contribution in [1.82, 2.24) is 10.6 Å². The lowest BCUT2D eigenvalue weighted by molar-refractivity contribution is -0.123. The molecule has 2 aromatic carbocycles. The van der Waals surface area contributed by atoms with Gasteiger partial charge in [0.05, 0.1) is 0 Å². The van der Waals surface area contributed by atoms with Crippen LogP contribution in [0.5, 0.6) is 5.75 Å². The molecule has 2 rings (SSSR count). The summed E-state index contributed by atoms with van der Waals surface area (Å²) < 4.78 is 11.3. The van der Waals surface area contributed by atoms with E-state index >= 15 is 0 Å². The molecule has 2 aromatic rings. The maximum atomic E-state index is 12.4. The second-order valence-corrected chi connectivity index (χ2v) is 8.58. The van der Waals surface area contributed by atoms with Crippen molar-refractivity contribution in [2.24, 2.45) is 0 Å². The largest absolute Gasteiger partial charge is 0.483 e. The van der Waals surface area contributed by atoms with Crippen molar-refractivity contribution < 1.29 is 28.7 Å². The minimum atomic E-state index is -0.833. The second-order valence-electron chi connectivity index (χ2n) is 7.67. The Balaban J connectivity index is 1.88. The van der Waals surface area contributed by atoms with Gasteiger partial charge in [-0.25, -0.2) is 9.59 Å². The van der Waals surface area contributed by atoms with Crippen molar-refractivity contribution in [3.05, 3.63) is 58.6 Å². The van der Waals surface area contributed by atoms with Crippen LogP contribution in [-0.4, -0.2) is 42.6 Å². The first-order valence-electron chi connectivity index (χ1n) is 9.60. The lowest BCUT2D eigenvalue weighted by Gasteiger charge is -2.20. The van der Waals surface area contributed by atoms with E-state index in [0.29, 0.717) is 5.69 Å². The number of carbonyl (C=O) groups is 4. The number of benzene rings is 2. The molecule has 3 N–H and O–H groups in total. The van der Waals surface area contributed by atoms with E-state index in [1.165, 1.54) is 12.1 Å². The van der Waals surface area contributed by atoms with Gasteiger partial charge >= 0.3 is 12.0 Å². The number of amides is 4. The number of urea groups is 1. The number of nitrogens with one attached hydrogen (secondary N) is 3. The molecule has 10 heteroatoms. The fourth-order valence-electron chi connectivity index (χ4n) is 2.38. The fourth-order valence-corrected chi connectivity index (χ4v) is 2.64. The first-order valence-corrected chi connectivity index (χ1v) is 10.4. The molecular weight excluding hydrogens is 482 g/mol. The summed E-state index contributed by atoms with van der Waals surface area (Å²) in [6, 6.07) is 12.5. The predicted molar refractivity (Wildman–Crippen MR) is 121 cm³/mol. The highest BCUT2D eigenvalue weighted by molar-refractivity contribution is 9.10. The molecule has 9 nitrogen and oxygen atoms in total. The predicted octanol–water partition coefficient (Wildman–Crippen LogP) is 3.25. The molecule has 32 heavy (non-hydrogen) atoms. The Morgan fingerprint density at radius 2 is 1.56 bits per heavy atom. The van der Waals surface area contributed by atoms with Gasteiger partial charge in [-0.1, -0.05) is 28.1 Å². The van der Waals surface area contributed by atoms with Crippen molar-refractivity contribution in [3.63, 3.8) is 0 Å². The third-order valence-electron chi connectivity index (χ3n) is 3.67. The summed E-state index contributed by atoms with van der Waals surface area (Å²) in [7, 11) is 0. The van der Waals surface area contributed by atoms with Crippen molar-refractivity contribution in [1.29, 1.82) is 0 Å². The number of para-hydroxylation sites is 1. The van der Waals surface area contributed by atoms with Crippen LogP contribution in [0.15, 0.2) is 53.0 Å². The van der Waals surface area contributed by atoms with E-state index < -0.39 is 36.0 Å². The Morgan fingerprint density at radius 1 is 0.906 bits per heavy atom. The molecule has 0 radical (unpaired) electrons. The Bertz CT molecular complexity index is 986. The standard InChI is InChI=1S/C22H24BrN3O6/c1-22(2,3)26-21(30)25-19(28)13-32-20(29)16-6-4-5-7-17(16)31-12-18(27)24-15-10-8-14(23)9-11-15/h4-11H,12-13H2,1-3H3,(H,24,27)(H2,25,26,28,30). The fraction of sp³-hybridized carbons (Fsp3) is 0.273. The van der Waals surface area contributed by atoms with Crippen LogP contribution in [0.25, 0.3) is 0 Å². The number of imide groups is 1. The summed E-state index contributed by atoms with van der Waals surface area (Å²) in [5, 5.41) is 7.30. The molecule has 0 saturated carbocycles. The van der Waals surface area contributed by atoms with E-state index in [1.807, 2.05) is 0 Å². The van der Waals surface area contributed by atoms with Crippen molar-refractivity contribution >= 4 is 45.4 Å². The number of anilines is 1. The molecule has 4 amide bonds. The van der Waals surface area contributed by atoms with E-state index in [-0.39, 0.29) is 17.9 Å². The number of esters is 1. The van der Waals surface area contributed by atoms with Crippen LogP contribution in [0.2, 0.25) is 0 Å². The minimum Gasteiger partial charge on any atom is -0.483 e. The highest BCUT2D eigenvalue weighted by Crippen LogP contribution is 2.19. The van der Waals surface area contributed by atoms with Crippen LogP contribution in [0.3, 0.4) is 0 Å². The average Bonchev–Trinajstić information content (AvgIpc) is 2.71. The maximum absolute atomic E-state index is 12.4. The number of hydrogen-bond donors (Lipinski definition) is 3. The van der Waals surface area contributed by atoms with Crippen molar-refractivity contribution in [2.45, 2.75) is 26.3 Å². The van der Waals surface area contributed by atoms with Gasteiger partial charge in [0, 0.05) is 15.7 Å². The molecule has 0 aliphatic heterocycles. The smallest absolute Gasteiger partial charge is 0.342 e. The molecule has 0 aromatic heterocycles. The zero-order valence-electron chi connectivity index (χ0n) is 17.9. The van der Waals surface area contributed by atoms with Crippen LogP contribution in [-0.2, 0) is 14.3 Å². The molecule has 0 aliphatic rings. The Morgan fingerprint density at radius 3 is 2.22 bits per heavy atom. The average molecular weight is 506 g/mol. The summed E-state index contributed by atoms with van der Waals surface area (Å²) in [5.41, 5.74) is 0.105. The topological polar surface area (TPSA) is 123 Å². The molecule has 0 bridgehead atoms. The summed E-state index contributed by atoms with van der Waals surface area (Å²) in [4.78, 5) is 48.0. The SMILES string of the molecule is CC(C)(C)NC(=O)NC(=O)COC(=O)c1ccccc1OCC(=O)Nc1ccc(Br)cc1. The minimum absolute atomic E-state index is 0.0379. The van der Waals surface area contributed by atoms with Crippen LogP contribution < -0.4 is 20.7 Å². The molecule has 170 valence electrons. The zero-order valence-corrected chi connectivity index (χ0v) is 19.4. The molecule has 0 fully saturated rings. The monoisotopic (exact) mass is 505 g/mol. The molecule has 0 spiro atoms. The summed E-state index contributed by atoms with van der Waals surface area (Å²) in [6.45, 7) is 4.27. The number of hydrogen-bond acceptors (Lipinski definition) is 6. The van der Waals surface area contributed by atoms with Gasteiger partial charge in [-0.05, 0) is 57.2 Å². The number of rotatable bonds is 7. The molecule has 0 aliphatic carbocycles. The molecule has 0 heterocycles. The summed E-state index contributed by atoms with van der Waals surface area (Å²) >= 11 is 3.31. The quantitative estimate of drug-likeness (QED) is 0.496. The van der Waals surface area contributed by atoms with E-state index in [1.54, 1.807) is 57.2 Å². The highest BCUT2D eigenvalue weighted by Gasteiger charge is 2.19. The van der Waals surface area contributed by atoms with Gasteiger partial charge in [0.15, 0.2) is 13.2 Å². The lowest BCUT2D eigenvalue weighted by Crippen LogP contribution is -2.49. The van der Waals surface area contributed by atoms with Crippen LogP contribution in [0.4, 0.5) is 10.5 Å². The van der Waals surface area contributed by atoms with E-state index in [0.717, 1.165) is 4.47 Å². The van der Waals surface area contributed by atoms with E-state index in [2.05, 4.69) is 31.9 Å². The summed E-state index contributed by atoms with van der Waals surface area (Å²) in [5.74, 6) is -1.92. The first-order chi connectivity index (χ1) is 15.0. The van der Waals surface area contributed by atoms with Gasteiger partial charge in [-0.3, -0.25) is 14.9 Å². The zero-order chi connectivity index (χ0) is 23.7. The van der Waals surface area contributed by atoms with Crippen LogP contribution >= 0.6 is 15.9 Å². The maximum Gasteiger partial charge on any atom is 0.342 e. The van der Waals surface area contributed by atoms with Gasteiger partial charge < -0.3 is 20.1 Å². The Kier molecular flexibility index (Phi) is 8.77. The van der Waals surface area contributed by atoms with Crippen molar-refractivity contribution in [3.8, 4) is 5.75 Å². The molecular formula is C22H24BrN3O6. The van der Waals surface area contributed by atoms with Crippen LogP contribution in [0.1, 0.15) is 31.1 Å². The first kappa shape index (κ1) is 24.9. The van der Waals surface area contributed by atoms with Gasteiger partial charge in [0.25, 0.3) is 11.8 Å². The van der Waals surface area contributed by atoms with Crippen LogP contribution in [0, 0.1) is 0 Å². The Hall–Kier alpha value is -3.40. The summed E-state index contributed by atoms with van der Waals surface area (Å²) in [6.07, 6.45) is 0. The van der Waals surface area contributed by atoms with Gasteiger partial charge in [0.2, 0.25) is 0 Å². The van der Waals surface area contributed by atoms with Crippen molar-refractivity contribution in [2.75, 3.05) is 18.5 Å². The highest BCUT2D eigenvalue weighted by atomic mass is 79.9. The van der Waals surface area contributed by atoms with E-state index in [9.17, 15) is 19.2 Å². The third kappa shape index (κ3) is 8.76. The Labute approximate surface area is 194 Å². The molecule has 0 unspecified atom stereocenters. The number of halogens is 1. The third-order valence-corrected chi connectivity index (χ3v) is 4.20. The van der Waals surface area contributed by atoms with E-state index in [4.69, 9.17) is 9.47 Å². The van der Waals surface area contributed by atoms with Gasteiger partial charge in [-0.15, -0.1) is 0 Å². The second kappa shape index (κ2) is 11.3. The number of carbonyl (C=O) groups excluding carboxylic acids is 4.